The number of hydrogen-bond donors (Lipinski definition) is 0. The largest absolute Gasteiger partial charge is 0.294 e. The van der Waals surface area contributed by atoms with Crippen LogP contribution in [0.1, 0.15) is 17.3 Å². The van der Waals surface area contributed by atoms with Crippen molar-refractivity contribution >= 4 is 39.2 Å². The quantitative estimate of drug-likeness (QED) is 0.454. The summed E-state index contributed by atoms with van der Waals surface area (Å²) < 4.78 is 0.915. The fourth-order valence-corrected chi connectivity index (χ4v) is 3.17. The first-order chi connectivity index (χ1) is 9.49. The first kappa shape index (κ1) is 14.7. The molecular formula is C14H10BrNO3S. The van der Waals surface area contributed by atoms with Crippen molar-refractivity contribution in [2.45, 2.75) is 16.7 Å². The molecule has 0 saturated heterocycles. The lowest BCUT2D eigenvalue weighted by Crippen LogP contribution is -1.98. The van der Waals surface area contributed by atoms with Gasteiger partial charge in [-0.3, -0.25) is 14.9 Å². The molecule has 0 aliphatic carbocycles. The lowest BCUT2D eigenvalue weighted by Gasteiger charge is -2.08. The lowest BCUT2D eigenvalue weighted by atomic mass is 10.1. The van der Waals surface area contributed by atoms with Crippen molar-refractivity contribution in [1.29, 1.82) is 0 Å². The number of non-ortho nitro benzene ring substituents is 1. The van der Waals surface area contributed by atoms with Crippen molar-refractivity contribution in [2.24, 2.45) is 0 Å². The van der Waals surface area contributed by atoms with Crippen LogP contribution in [0.15, 0.2) is 56.7 Å². The van der Waals surface area contributed by atoms with Gasteiger partial charge in [0.15, 0.2) is 5.78 Å². The Labute approximate surface area is 128 Å². The molecule has 0 aliphatic heterocycles. The molecule has 0 bridgehead atoms. The van der Waals surface area contributed by atoms with Crippen molar-refractivity contribution in [3.8, 4) is 0 Å². The van der Waals surface area contributed by atoms with E-state index in [2.05, 4.69) is 15.9 Å². The summed E-state index contributed by atoms with van der Waals surface area (Å²) in [6, 6.07) is 12.0. The van der Waals surface area contributed by atoms with E-state index in [1.165, 1.54) is 30.8 Å². The number of rotatable bonds is 4. The van der Waals surface area contributed by atoms with Crippen LogP contribution in [-0.2, 0) is 0 Å². The van der Waals surface area contributed by atoms with Crippen molar-refractivity contribution in [1.82, 2.24) is 0 Å². The molecule has 0 fully saturated rings. The molecule has 2 aromatic carbocycles. The van der Waals surface area contributed by atoms with Crippen LogP contribution in [0.5, 0.6) is 0 Å². The van der Waals surface area contributed by atoms with Gasteiger partial charge in [0.2, 0.25) is 0 Å². The minimum absolute atomic E-state index is 0.0772. The zero-order valence-corrected chi connectivity index (χ0v) is 12.9. The molecule has 0 heterocycles. The normalized spacial score (nSPS) is 10.3. The maximum Gasteiger partial charge on any atom is 0.270 e. The molecule has 0 spiro atoms. The van der Waals surface area contributed by atoms with E-state index in [0.29, 0.717) is 10.5 Å². The molecule has 0 aromatic heterocycles. The monoisotopic (exact) mass is 351 g/mol. The number of nitro benzene ring substituents is 1. The number of nitro groups is 1. The summed E-state index contributed by atoms with van der Waals surface area (Å²) in [7, 11) is 0. The topological polar surface area (TPSA) is 60.2 Å². The maximum absolute atomic E-state index is 11.7. The second kappa shape index (κ2) is 6.19. The number of halogens is 1. The van der Waals surface area contributed by atoms with Gasteiger partial charge in [-0.05, 0) is 41.1 Å². The van der Waals surface area contributed by atoms with Gasteiger partial charge >= 0.3 is 0 Å². The lowest BCUT2D eigenvalue weighted by molar-refractivity contribution is -0.384. The molecule has 4 nitrogen and oxygen atoms in total. The first-order valence-corrected chi connectivity index (χ1v) is 7.31. The van der Waals surface area contributed by atoms with Crippen LogP contribution in [-0.4, -0.2) is 10.7 Å². The molecule has 0 N–H and O–H groups in total. The molecule has 102 valence electrons. The number of carbonyl (C=O) groups is 1. The number of carbonyl (C=O) groups excluding carboxylic acids is 1. The van der Waals surface area contributed by atoms with Crippen LogP contribution < -0.4 is 0 Å². The summed E-state index contributed by atoms with van der Waals surface area (Å²) in [6.07, 6.45) is 0. The molecular weight excluding hydrogens is 342 g/mol. The van der Waals surface area contributed by atoms with Crippen LogP contribution in [0.25, 0.3) is 0 Å². The number of hydrogen-bond acceptors (Lipinski definition) is 4. The van der Waals surface area contributed by atoms with E-state index >= 15 is 0 Å². The summed E-state index contributed by atoms with van der Waals surface area (Å²) in [5.41, 5.74) is 0.284. The van der Waals surface area contributed by atoms with E-state index in [4.69, 9.17) is 0 Å². The van der Waals surface area contributed by atoms with Gasteiger partial charge in [0.25, 0.3) is 5.69 Å². The van der Waals surface area contributed by atoms with E-state index in [9.17, 15) is 14.9 Å². The third-order valence-corrected chi connectivity index (χ3v) is 4.72. The second-order valence-corrected chi connectivity index (χ2v) is 5.96. The third kappa shape index (κ3) is 3.26. The van der Waals surface area contributed by atoms with Crippen LogP contribution in [0.4, 0.5) is 5.69 Å². The van der Waals surface area contributed by atoms with E-state index in [1.807, 2.05) is 24.3 Å². The molecule has 6 heteroatoms. The highest BCUT2D eigenvalue weighted by atomic mass is 79.9. The average Bonchev–Trinajstić information content (AvgIpc) is 2.41. The summed E-state index contributed by atoms with van der Waals surface area (Å²) in [4.78, 5) is 23.6. The molecule has 0 unspecified atom stereocenters. The predicted octanol–water partition coefficient (Wildman–Crippen LogP) is 4.71. The number of benzene rings is 2. The number of Topliss-reactive ketones (excluding diaryl/α,β-unsaturated/α-hetero) is 1. The van der Waals surface area contributed by atoms with Crippen LogP contribution in [0.3, 0.4) is 0 Å². The van der Waals surface area contributed by atoms with Gasteiger partial charge < -0.3 is 0 Å². The van der Waals surface area contributed by atoms with E-state index in [0.717, 1.165) is 9.37 Å². The maximum atomic E-state index is 11.7. The molecule has 2 rings (SSSR count). The van der Waals surface area contributed by atoms with Gasteiger partial charge in [-0.2, -0.15) is 0 Å². The summed E-state index contributed by atoms with van der Waals surface area (Å²) in [5, 5.41) is 10.8. The molecule has 2 aromatic rings. The Morgan fingerprint density at radius 2 is 1.90 bits per heavy atom. The Morgan fingerprint density at radius 1 is 1.20 bits per heavy atom. The van der Waals surface area contributed by atoms with Crippen LogP contribution in [0, 0.1) is 10.1 Å². The number of ketones is 1. The Morgan fingerprint density at radius 3 is 2.50 bits per heavy atom. The molecule has 0 saturated carbocycles. The fraction of sp³-hybridized carbons (Fsp3) is 0.0714. The fourth-order valence-electron chi connectivity index (χ4n) is 1.64. The van der Waals surface area contributed by atoms with E-state index < -0.39 is 4.92 Å². The molecule has 0 radical (unpaired) electrons. The highest BCUT2D eigenvalue weighted by molar-refractivity contribution is 9.10. The van der Waals surface area contributed by atoms with Gasteiger partial charge in [0.05, 0.1) is 4.92 Å². The minimum atomic E-state index is -0.501. The summed E-state index contributed by atoms with van der Waals surface area (Å²) in [5.74, 6) is -0.191. The molecule has 20 heavy (non-hydrogen) atoms. The van der Waals surface area contributed by atoms with Crippen molar-refractivity contribution in [3.05, 3.63) is 62.6 Å². The first-order valence-electron chi connectivity index (χ1n) is 5.71. The second-order valence-electron chi connectivity index (χ2n) is 4.03. The Bertz CT molecular complexity index is 688. The van der Waals surface area contributed by atoms with Gasteiger partial charge in [0.1, 0.15) is 0 Å². The smallest absolute Gasteiger partial charge is 0.270 e. The average molecular weight is 352 g/mol. The highest BCUT2D eigenvalue weighted by Gasteiger charge is 2.15. The Balaban J connectivity index is 2.44. The summed E-state index contributed by atoms with van der Waals surface area (Å²) in [6.45, 7) is 1.41. The van der Waals surface area contributed by atoms with Crippen LogP contribution >= 0.6 is 27.7 Å². The van der Waals surface area contributed by atoms with E-state index in [-0.39, 0.29) is 11.5 Å². The van der Waals surface area contributed by atoms with Gasteiger partial charge in [0, 0.05) is 32.0 Å². The highest BCUT2D eigenvalue weighted by Crippen LogP contribution is 2.36. The van der Waals surface area contributed by atoms with Gasteiger partial charge in [-0.15, -0.1) is 0 Å². The molecule has 0 amide bonds. The van der Waals surface area contributed by atoms with Crippen LogP contribution in [0.2, 0.25) is 0 Å². The van der Waals surface area contributed by atoms with Gasteiger partial charge in [-0.1, -0.05) is 23.9 Å². The zero-order chi connectivity index (χ0) is 14.7. The minimum Gasteiger partial charge on any atom is -0.294 e. The summed E-state index contributed by atoms with van der Waals surface area (Å²) >= 11 is 4.84. The zero-order valence-electron chi connectivity index (χ0n) is 10.5. The predicted molar refractivity (Wildman–Crippen MR) is 81.4 cm³/mol. The molecule has 0 atom stereocenters. The van der Waals surface area contributed by atoms with Gasteiger partial charge in [-0.25, -0.2) is 0 Å². The van der Waals surface area contributed by atoms with Crippen molar-refractivity contribution < 1.29 is 9.72 Å². The number of nitrogens with zero attached hydrogens (tertiary/aromatic N) is 1. The molecule has 0 aliphatic rings. The Kier molecular flexibility index (Phi) is 4.57. The third-order valence-electron chi connectivity index (χ3n) is 2.61. The standard InChI is InChI=1S/C14H10BrNO3S/c1-9(17)11-8-10(16(18)19)6-7-13(11)20-14-5-3-2-4-12(14)15/h2-8H,1H3. The van der Waals surface area contributed by atoms with E-state index in [1.54, 1.807) is 6.07 Å². The van der Waals surface area contributed by atoms with Crippen molar-refractivity contribution in [2.75, 3.05) is 0 Å². The SMILES string of the molecule is CC(=O)c1cc([N+](=O)[O-])ccc1Sc1ccccc1Br. The Hall–Kier alpha value is -1.66. The van der Waals surface area contributed by atoms with Crippen molar-refractivity contribution in [3.63, 3.8) is 0 Å².